The number of aryl methyl sites for hydroxylation is 4. The number of nitriles is 1. The van der Waals surface area contributed by atoms with Gasteiger partial charge in [0.15, 0.2) is 18.4 Å². The lowest BCUT2D eigenvalue weighted by Crippen LogP contribution is -2.39. The number of pyridine rings is 1. The van der Waals surface area contributed by atoms with E-state index in [0.29, 0.717) is 29.7 Å². The molecular weight excluding hydrogens is 561 g/mol. The summed E-state index contributed by atoms with van der Waals surface area (Å²) in [7, 11) is 1.19. The summed E-state index contributed by atoms with van der Waals surface area (Å²) >= 11 is 0. The molecule has 1 aliphatic rings. The van der Waals surface area contributed by atoms with E-state index in [0.717, 1.165) is 23.4 Å². The second-order valence-electron chi connectivity index (χ2n) is 10.3. The quantitative estimate of drug-likeness (QED) is 0.256. The van der Waals surface area contributed by atoms with Gasteiger partial charge in [0, 0.05) is 36.9 Å². The number of methoxy groups -OCH3 is 1. The third-order valence-corrected chi connectivity index (χ3v) is 7.58. The van der Waals surface area contributed by atoms with Crippen LogP contribution in [0.5, 0.6) is 0 Å². The standard InChI is InChI=1S/C31H27F3N6O3/c1-18-10-12-38(19(2)14-18)13-11-22-15-21(17-35)8-9-25(22)27-26(28(41)43-4)20(3)39(29-36-37-30(42)40(27)29)24-7-5-6-23(16-24)31(32,33)34/h5-10,12,14-16,27H,11,13H2,1-4H3/p+1/t27-/m1/s1. The van der Waals surface area contributed by atoms with Crippen LogP contribution in [0.2, 0.25) is 0 Å². The number of anilines is 2. The summed E-state index contributed by atoms with van der Waals surface area (Å²) in [5.41, 5.74) is 2.56. The number of benzene rings is 2. The van der Waals surface area contributed by atoms with E-state index in [1.807, 2.05) is 26.1 Å². The lowest BCUT2D eigenvalue weighted by atomic mass is 9.89. The Kier molecular flexibility index (Phi) is 7.67. The van der Waals surface area contributed by atoms with Gasteiger partial charge >= 0.3 is 17.8 Å². The van der Waals surface area contributed by atoms with Crippen molar-refractivity contribution in [3.05, 3.63) is 116 Å². The molecule has 43 heavy (non-hydrogen) atoms. The van der Waals surface area contributed by atoms with Crippen LogP contribution in [0.1, 0.15) is 46.5 Å². The SMILES string of the molecule is COC(=O)C1=C(C)N(c2cccc(C(F)(F)F)c2)c2n[nH]c(=O)n2[C@@H]1c1ccc(C#N)cc1CC[n+]1ccc(C)cc1C. The zero-order chi connectivity index (χ0) is 31.1. The predicted octanol–water partition coefficient (Wildman–Crippen LogP) is 4.80. The van der Waals surface area contributed by atoms with Crippen molar-refractivity contribution >= 4 is 17.6 Å². The minimum atomic E-state index is -4.62. The van der Waals surface area contributed by atoms with Crippen LogP contribution in [0, 0.1) is 25.2 Å². The number of hydrogen-bond donors (Lipinski definition) is 1. The number of nitrogens with zero attached hydrogens (tertiary/aromatic N) is 5. The van der Waals surface area contributed by atoms with Crippen LogP contribution in [-0.2, 0) is 28.7 Å². The van der Waals surface area contributed by atoms with Gasteiger partial charge < -0.3 is 4.74 Å². The Labute approximate surface area is 245 Å². The van der Waals surface area contributed by atoms with Gasteiger partial charge in [0.25, 0.3) is 0 Å². The second kappa shape index (κ2) is 11.2. The molecule has 5 rings (SSSR count). The maximum absolute atomic E-state index is 13.6. The third kappa shape index (κ3) is 5.41. The molecule has 0 spiro atoms. The van der Waals surface area contributed by atoms with Gasteiger partial charge in [-0.1, -0.05) is 12.1 Å². The molecule has 1 aliphatic heterocycles. The first-order chi connectivity index (χ1) is 20.4. The van der Waals surface area contributed by atoms with Crippen molar-refractivity contribution in [2.75, 3.05) is 12.0 Å². The summed E-state index contributed by atoms with van der Waals surface area (Å²) in [6.07, 6.45) is -2.20. The Balaban J connectivity index is 1.71. The van der Waals surface area contributed by atoms with Gasteiger partial charge in [-0.15, -0.1) is 5.10 Å². The fourth-order valence-corrected chi connectivity index (χ4v) is 5.51. The van der Waals surface area contributed by atoms with Crippen molar-refractivity contribution in [2.45, 2.75) is 46.0 Å². The number of H-pyrrole nitrogens is 1. The normalized spacial score (nSPS) is 14.8. The first-order valence-electron chi connectivity index (χ1n) is 13.4. The Morgan fingerprint density at radius 2 is 1.91 bits per heavy atom. The van der Waals surface area contributed by atoms with Crippen LogP contribution < -0.4 is 15.2 Å². The van der Waals surface area contributed by atoms with E-state index >= 15 is 0 Å². The van der Waals surface area contributed by atoms with Gasteiger partial charge in [0.05, 0.1) is 29.9 Å². The fraction of sp³-hybridized carbons (Fsp3) is 0.258. The molecule has 0 fully saturated rings. The molecule has 0 unspecified atom stereocenters. The Morgan fingerprint density at radius 1 is 1.14 bits per heavy atom. The van der Waals surface area contributed by atoms with Gasteiger partial charge in [0.1, 0.15) is 6.04 Å². The molecule has 2 aromatic heterocycles. The maximum atomic E-state index is 13.6. The second-order valence-corrected chi connectivity index (χ2v) is 10.3. The molecule has 12 heteroatoms. The topological polar surface area (TPSA) is 108 Å². The van der Waals surface area contributed by atoms with Crippen LogP contribution in [-0.4, -0.2) is 27.8 Å². The number of fused-ring (bicyclic) bond motifs is 1. The highest BCUT2D eigenvalue weighted by molar-refractivity contribution is 5.93. The molecule has 0 saturated carbocycles. The van der Waals surface area contributed by atoms with Crippen LogP contribution >= 0.6 is 0 Å². The minimum absolute atomic E-state index is 0.00135. The first kappa shape index (κ1) is 29.3. The molecule has 9 nitrogen and oxygen atoms in total. The molecule has 1 N–H and O–H groups in total. The number of nitrogens with one attached hydrogen (secondary N) is 1. The molecule has 0 amide bonds. The molecule has 0 bridgehead atoms. The van der Waals surface area contributed by atoms with Crippen LogP contribution in [0.25, 0.3) is 0 Å². The Morgan fingerprint density at radius 3 is 2.58 bits per heavy atom. The number of carbonyl (C=O) groups excluding carboxylic acids is 1. The zero-order valence-corrected chi connectivity index (χ0v) is 23.9. The number of halogens is 3. The highest BCUT2D eigenvalue weighted by atomic mass is 19.4. The summed E-state index contributed by atoms with van der Waals surface area (Å²) in [5.74, 6) is -0.768. The van der Waals surface area contributed by atoms with E-state index < -0.39 is 29.4 Å². The number of aromatic nitrogens is 4. The van der Waals surface area contributed by atoms with E-state index in [2.05, 4.69) is 26.9 Å². The fourth-order valence-electron chi connectivity index (χ4n) is 5.51. The number of ether oxygens (including phenoxy) is 1. The highest BCUT2D eigenvalue weighted by Crippen LogP contribution is 2.43. The summed E-state index contributed by atoms with van der Waals surface area (Å²) in [4.78, 5) is 28.0. The van der Waals surface area contributed by atoms with Gasteiger partial charge in [-0.3, -0.25) is 4.90 Å². The first-order valence-corrected chi connectivity index (χ1v) is 13.4. The van der Waals surface area contributed by atoms with Crippen LogP contribution in [0.15, 0.2) is 76.9 Å². The van der Waals surface area contributed by atoms with Crippen LogP contribution in [0.4, 0.5) is 24.8 Å². The number of alkyl halides is 3. The highest BCUT2D eigenvalue weighted by Gasteiger charge is 2.41. The molecule has 0 radical (unpaired) electrons. The molecule has 3 heterocycles. The van der Waals surface area contributed by atoms with Crippen molar-refractivity contribution in [3.8, 4) is 6.07 Å². The number of aromatic amines is 1. The van der Waals surface area contributed by atoms with Crippen molar-refractivity contribution in [2.24, 2.45) is 0 Å². The molecule has 220 valence electrons. The summed E-state index contributed by atoms with van der Waals surface area (Å²) in [6, 6.07) is 14.7. The molecule has 1 atom stereocenters. The van der Waals surface area contributed by atoms with Crippen molar-refractivity contribution in [1.82, 2.24) is 14.8 Å². The maximum Gasteiger partial charge on any atom is 0.416 e. The lowest BCUT2D eigenvalue weighted by molar-refractivity contribution is -0.702. The van der Waals surface area contributed by atoms with Crippen molar-refractivity contribution in [3.63, 3.8) is 0 Å². The Bertz CT molecular complexity index is 1870. The number of esters is 1. The van der Waals surface area contributed by atoms with Gasteiger partial charge in [-0.2, -0.15) is 18.4 Å². The van der Waals surface area contributed by atoms with E-state index in [9.17, 15) is 28.0 Å². The van der Waals surface area contributed by atoms with Gasteiger partial charge in [-0.05, 0) is 60.9 Å². The van der Waals surface area contributed by atoms with Crippen LogP contribution in [0.3, 0.4) is 0 Å². The number of rotatable bonds is 6. The molecule has 0 aliphatic carbocycles. The average molecular weight is 590 g/mol. The van der Waals surface area contributed by atoms with Gasteiger partial charge in [0.2, 0.25) is 5.95 Å². The number of allylic oxidation sites excluding steroid dienone is 1. The zero-order valence-electron chi connectivity index (χ0n) is 23.9. The lowest BCUT2D eigenvalue weighted by Gasteiger charge is -2.36. The predicted molar refractivity (Wildman–Crippen MR) is 150 cm³/mol. The minimum Gasteiger partial charge on any atom is -0.466 e. The van der Waals surface area contributed by atoms with E-state index in [1.165, 1.54) is 28.7 Å². The van der Waals surface area contributed by atoms with Crippen molar-refractivity contribution in [1.29, 1.82) is 5.26 Å². The summed E-state index contributed by atoms with van der Waals surface area (Å²) in [5, 5.41) is 16.2. The van der Waals surface area contributed by atoms with E-state index in [1.54, 1.807) is 25.1 Å². The average Bonchev–Trinajstić information content (AvgIpc) is 3.35. The summed E-state index contributed by atoms with van der Waals surface area (Å²) in [6.45, 7) is 6.10. The Hall–Kier alpha value is -5.18. The van der Waals surface area contributed by atoms with E-state index in [-0.39, 0.29) is 22.9 Å². The molecular formula is C31H28F3N6O3+. The van der Waals surface area contributed by atoms with Gasteiger partial charge in [-0.25, -0.2) is 23.8 Å². The molecule has 4 aromatic rings. The van der Waals surface area contributed by atoms with E-state index in [4.69, 9.17) is 4.74 Å². The molecule has 2 aromatic carbocycles. The summed E-state index contributed by atoms with van der Waals surface area (Å²) < 4.78 is 49.3. The largest absolute Gasteiger partial charge is 0.466 e. The third-order valence-electron chi connectivity index (χ3n) is 7.58. The monoisotopic (exact) mass is 589 g/mol. The number of carbonyl (C=O) groups is 1. The van der Waals surface area contributed by atoms with Crippen molar-refractivity contribution < 1.29 is 27.3 Å². The molecule has 0 saturated heterocycles. The number of hydrogen-bond acceptors (Lipinski definition) is 6. The smallest absolute Gasteiger partial charge is 0.416 e.